The molecule has 0 radical (unpaired) electrons. The van der Waals surface area contributed by atoms with E-state index in [1.165, 1.54) is 0 Å². The maximum atomic E-state index is 11.3. The maximum absolute atomic E-state index is 11.3. The molecule has 1 atom stereocenters. The topological polar surface area (TPSA) is 62.1 Å². The number of likely N-dealkylation sites (N-methyl/N-ethyl adjacent to an activating group) is 1. The minimum atomic E-state index is -0.199. The molecule has 1 amide bonds. The standard InChI is InChI=1S/C8H13N3O/c1-6(8(12)11(2)9)7-4-3-5-10-7/h3-6,10H,9H2,1-2H3. The number of hydrogen-bond donors (Lipinski definition) is 2. The molecule has 1 rings (SSSR count). The monoisotopic (exact) mass is 167 g/mol. The fourth-order valence-corrected chi connectivity index (χ4v) is 1.05. The molecule has 4 nitrogen and oxygen atoms in total. The molecule has 0 saturated carbocycles. The second-order valence-electron chi connectivity index (χ2n) is 2.80. The molecule has 0 aliphatic heterocycles. The summed E-state index contributed by atoms with van der Waals surface area (Å²) in [4.78, 5) is 14.3. The Kier molecular flexibility index (Phi) is 2.50. The van der Waals surface area contributed by atoms with E-state index in [0.29, 0.717) is 0 Å². The Morgan fingerprint density at radius 2 is 2.42 bits per heavy atom. The van der Waals surface area contributed by atoms with E-state index < -0.39 is 0 Å². The van der Waals surface area contributed by atoms with E-state index in [0.717, 1.165) is 10.7 Å². The molecule has 1 aromatic heterocycles. The van der Waals surface area contributed by atoms with Crippen molar-refractivity contribution >= 4 is 5.91 Å². The van der Waals surface area contributed by atoms with Gasteiger partial charge in [-0.1, -0.05) is 0 Å². The van der Waals surface area contributed by atoms with Crippen molar-refractivity contribution in [2.24, 2.45) is 5.84 Å². The van der Waals surface area contributed by atoms with Crippen LogP contribution in [0.3, 0.4) is 0 Å². The fraction of sp³-hybridized carbons (Fsp3) is 0.375. The highest BCUT2D eigenvalue weighted by atomic mass is 16.2. The van der Waals surface area contributed by atoms with E-state index >= 15 is 0 Å². The van der Waals surface area contributed by atoms with Crippen LogP contribution in [0, 0.1) is 0 Å². The summed E-state index contributed by atoms with van der Waals surface area (Å²) in [6, 6.07) is 3.72. The quantitative estimate of drug-likeness (QED) is 0.381. The van der Waals surface area contributed by atoms with E-state index in [-0.39, 0.29) is 11.8 Å². The summed E-state index contributed by atoms with van der Waals surface area (Å²) in [6.45, 7) is 1.82. The van der Waals surface area contributed by atoms with Gasteiger partial charge in [-0.3, -0.25) is 9.80 Å². The van der Waals surface area contributed by atoms with E-state index in [1.807, 2.05) is 19.1 Å². The molecule has 0 aromatic carbocycles. The van der Waals surface area contributed by atoms with Crippen molar-refractivity contribution in [2.75, 3.05) is 7.05 Å². The summed E-state index contributed by atoms with van der Waals surface area (Å²) < 4.78 is 0. The van der Waals surface area contributed by atoms with Crippen LogP contribution in [0.2, 0.25) is 0 Å². The Labute approximate surface area is 71.3 Å². The zero-order chi connectivity index (χ0) is 9.14. The first-order chi connectivity index (χ1) is 5.63. The van der Waals surface area contributed by atoms with Gasteiger partial charge in [0.15, 0.2) is 0 Å². The Morgan fingerprint density at radius 1 is 1.75 bits per heavy atom. The minimum absolute atomic E-state index is 0.0996. The van der Waals surface area contributed by atoms with Gasteiger partial charge in [-0.15, -0.1) is 0 Å². The molecule has 0 spiro atoms. The van der Waals surface area contributed by atoms with Crippen molar-refractivity contribution in [3.8, 4) is 0 Å². The minimum Gasteiger partial charge on any atom is -0.364 e. The summed E-state index contributed by atoms with van der Waals surface area (Å²) in [6.07, 6.45) is 1.79. The predicted octanol–water partition coefficient (Wildman–Crippen LogP) is 0.450. The van der Waals surface area contributed by atoms with Crippen LogP contribution in [0.15, 0.2) is 18.3 Å². The van der Waals surface area contributed by atoms with Crippen LogP contribution >= 0.6 is 0 Å². The van der Waals surface area contributed by atoms with Gasteiger partial charge >= 0.3 is 0 Å². The smallest absolute Gasteiger partial charge is 0.244 e. The molecule has 3 N–H and O–H groups in total. The van der Waals surface area contributed by atoms with Gasteiger partial charge in [0, 0.05) is 18.9 Å². The number of hydrogen-bond acceptors (Lipinski definition) is 2. The molecule has 0 fully saturated rings. The van der Waals surface area contributed by atoms with Crippen molar-refractivity contribution in [3.63, 3.8) is 0 Å². The van der Waals surface area contributed by atoms with E-state index in [1.54, 1.807) is 13.2 Å². The van der Waals surface area contributed by atoms with E-state index in [2.05, 4.69) is 4.98 Å². The largest absolute Gasteiger partial charge is 0.364 e. The van der Waals surface area contributed by atoms with Crippen LogP contribution in [0.1, 0.15) is 18.5 Å². The van der Waals surface area contributed by atoms with Crippen molar-refractivity contribution in [3.05, 3.63) is 24.0 Å². The molecule has 0 aliphatic rings. The number of nitrogens with zero attached hydrogens (tertiary/aromatic N) is 1. The average Bonchev–Trinajstić information content (AvgIpc) is 2.53. The first-order valence-electron chi connectivity index (χ1n) is 3.78. The van der Waals surface area contributed by atoms with E-state index in [4.69, 9.17) is 5.84 Å². The number of carbonyl (C=O) groups excluding carboxylic acids is 1. The molecule has 1 aromatic rings. The van der Waals surface area contributed by atoms with Crippen molar-refractivity contribution in [2.45, 2.75) is 12.8 Å². The lowest BCUT2D eigenvalue weighted by Crippen LogP contribution is -2.36. The van der Waals surface area contributed by atoms with E-state index in [9.17, 15) is 4.79 Å². The molecule has 0 saturated heterocycles. The second-order valence-corrected chi connectivity index (χ2v) is 2.80. The lowest BCUT2D eigenvalue weighted by atomic mass is 10.1. The van der Waals surface area contributed by atoms with Gasteiger partial charge < -0.3 is 4.98 Å². The zero-order valence-corrected chi connectivity index (χ0v) is 7.24. The number of nitrogens with one attached hydrogen (secondary N) is 1. The summed E-state index contributed by atoms with van der Waals surface area (Å²) in [5, 5.41) is 1.10. The second kappa shape index (κ2) is 3.40. The number of aromatic amines is 1. The molecular formula is C8H13N3O. The zero-order valence-electron chi connectivity index (χ0n) is 7.24. The molecule has 66 valence electrons. The van der Waals surface area contributed by atoms with Crippen molar-refractivity contribution in [1.29, 1.82) is 0 Å². The third-order valence-corrected chi connectivity index (χ3v) is 1.81. The first-order valence-corrected chi connectivity index (χ1v) is 3.78. The SMILES string of the molecule is CC(C(=O)N(C)N)c1ccc[nH]1. The predicted molar refractivity (Wildman–Crippen MR) is 46.2 cm³/mol. The Hall–Kier alpha value is -1.29. The molecule has 0 bridgehead atoms. The molecule has 1 unspecified atom stereocenters. The number of rotatable bonds is 2. The molecule has 1 heterocycles. The van der Waals surface area contributed by atoms with Gasteiger partial charge in [-0.25, -0.2) is 5.84 Å². The number of nitrogens with two attached hydrogens (primary N) is 1. The number of aromatic nitrogens is 1. The van der Waals surface area contributed by atoms with Crippen LogP contribution in [0.25, 0.3) is 0 Å². The molecule has 4 heteroatoms. The Morgan fingerprint density at radius 3 is 2.83 bits per heavy atom. The van der Waals surface area contributed by atoms with Gasteiger partial charge in [0.2, 0.25) is 5.91 Å². The number of hydrazine groups is 1. The van der Waals surface area contributed by atoms with Gasteiger partial charge in [0.25, 0.3) is 0 Å². The highest BCUT2D eigenvalue weighted by Gasteiger charge is 2.17. The molecule has 12 heavy (non-hydrogen) atoms. The van der Waals surface area contributed by atoms with Gasteiger partial charge in [0.1, 0.15) is 0 Å². The normalized spacial score (nSPS) is 12.6. The van der Waals surface area contributed by atoms with Crippen molar-refractivity contribution in [1.82, 2.24) is 9.99 Å². The average molecular weight is 167 g/mol. The third kappa shape index (κ3) is 1.65. The van der Waals surface area contributed by atoms with Gasteiger partial charge in [-0.05, 0) is 19.1 Å². The summed E-state index contributed by atoms with van der Waals surface area (Å²) >= 11 is 0. The summed E-state index contributed by atoms with van der Waals surface area (Å²) in [7, 11) is 1.54. The number of amides is 1. The van der Waals surface area contributed by atoms with Gasteiger partial charge in [-0.2, -0.15) is 0 Å². The van der Waals surface area contributed by atoms with Crippen LogP contribution in [-0.4, -0.2) is 22.9 Å². The molecular weight excluding hydrogens is 154 g/mol. The van der Waals surface area contributed by atoms with Crippen LogP contribution in [0.4, 0.5) is 0 Å². The van der Waals surface area contributed by atoms with Crippen LogP contribution in [0.5, 0.6) is 0 Å². The van der Waals surface area contributed by atoms with Crippen LogP contribution in [-0.2, 0) is 4.79 Å². The Balaban J connectivity index is 2.72. The lowest BCUT2D eigenvalue weighted by molar-refractivity contribution is -0.131. The molecule has 0 aliphatic carbocycles. The summed E-state index contributed by atoms with van der Waals surface area (Å²) in [5.74, 6) is 5.01. The lowest BCUT2D eigenvalue weighted by Gasteiger charge is -2.14. The van der Waals surface area contributed by atoms with Crippen LogP contribution < -0.4 is 5.84 Å². The first kappa shape index (κ1) is 8.80. The van der Waals surface area contributed by atoms with Gasteiger partial charge in [0.05, 0.1) is 5.92 Å². The maximum Gasteiger partial charge on any atom is 0.244 e. The summed E-state index contributed by atoms with van der Waals surface area (Å²) in [5.41, 5.74) is 0.886. The highest BCUT2D eigenvalue weighted by molar-refractivity contribution is 5.82. The third-order valence-electron chi connectivity index (χ3n) is 1.81. The fourth-order valence-electron chi connectivity index (χ4n) is 1.05. The Bertz CT molecular complexity index is 253. The van der Waals surface area contributed by atoms with Crippen molar-refractivity contribution < 1.29 is 4.79 Å². The highest BCUT2D eigenvalue weighted by Crippen LogP contribution is 2.13. The number of H-pyrrole nitrogens is 1. The number of carbonyl (C=O) groups is 1.